The van der Waals surface area contributed by atoms with Crippen LogP contribution in [-0.4, -0.2) is 48.5 Å². The standard InChI is InChI=1S/C17H18N4O4/c22-17(15-2-1-11-25-15)20-9-7-19(8-10-20)16-12-5-6-18-13(12)3-4-14(16)21(23)24/h1-4,11,18H,5-10H2. The van der Waals surface area contributed by atoms with Crippen LogP contribution < -0.4 is 10.2 Å². The minimum absolute atomic E-state index is 0.133. The molecular formula is C17H18N4O4. The van der Waals surface area contributed by atoms with E-state index in [1.807, 2.05) is 4.90 Å². The maximum atomic E-state index is 12.4. The van der Waals surface area contributed by atoms with Gasteiger partial charge in [-0.05, 0) is 24.6 Å². The highest BCUT2D eigenvalue weighted by atomic mass is 16.6. The average Bonchev–Trinajstić information content (AvgIpc) is 3.31. The predicted octanol–water partition coefficient (Wildman–Crippen LogP) is 2.12. The number of benzene rings is 1. The van der Waals surface area contributed by atoms with Gasteiger partial charge >= 0.3 is 0 Å². The third kappa shape index (κ3) is 2.69. The van der Waals surface area contributed by atoms with Gasteiger partial charge in [-0.3, -0.25) is 14.9 Å². The Morgan fingerprint density at radius 1 is 1.20 bits per heavy atom. The van der Waals surface area contributed by atoms with Crippen molar-refractivity contribution in [2.45, 2.75) is 6.42 Å². The van der Waals surface area contributed by atoms with E-state index >= 15 is 0 Å². The molecular weight excluding hydrogens is 324 g/mol. The summed E-state index contributed by atoms with van der Waals surface area (Å²) in [4.78, 5) is 27.3. The average molecular weight is 342 g/mol. The largest absolute Gasteiger partial charge is 0.459 e. The third-order valence-electron chi connectivity index (χ3n) is 4.76. The van der Waals surface area contributed by atoms with E-state index in [0.717, 1.165) is 24.2 Å². The number of nitro groups is 1. The zero-order chi connectivity index (χ0) is 17.4. The van der Waals surface area contributed by atoms with Gasteiger partial charge in [0.2, 0.25) is 0 Å². The Kier molecular flexibility index (Phi) is 3.79. The molecule has 1 aromatic heterocycles. The van der Waals surface area contributed by atoms with E-state index in [0.29, 0.717) is 37.6 Å². The molecule has 25 heavy (non-hydrogen) atoms. The van der Waals surface area contributed by atoms with Crippen molar-refractivity contribution >= 4 is 23.0 Å². The molecule has 1 aromatic carbocycles. The smallest absolute Gasteiger partial charge is 0.292 e. The lowest BCUT2D eigenvalue weighted by Crippen LogP contribution is -2.49. The summed E-state index contributed by atoms with van der Waals surface area (Å²) in [5, 5.41) is 14.7. The van der Waals surface area contributed by atoms with Gasteiger partial charge in [-0.1, -0.05) is 0 Å². The van der Waals surface area contributed by atoms with E-state index in [2.05, 4.69) is 5.32 Å². The molecule has 1 N–H and O–H groups in total. The fourth-order valence-corrected chi connectivity index (χ4v) is 3.55. The topological polar surface area (TPSA) is 91.9 Å². The van der Waals surface area contributed by atoms with Crippen molar-refractivity contribution in [3.8, 4) is 0 Å². The van der Waals surface area contributed by atoms with Gasteiger partial charge < -0.3 is 19.5 Å². The van der Waals surface area contributed by atoms with Gasteiger partial charge in [0.25, 0.3) is 11.6 Å². The monoisotopic (exact) mass is 342 g/mol. The van der Waals surface area contributed by atoms with Gasteiger partial charge in [-0.2, -0.15) is 0 Å². The van der Waals surface area contributed by atoms with Crippen LogP contribution in [0.5, 0.6) is 0 Å². The molecule has 2 aromatic rings. The second-order valence-electron chi connectivity index (χ2n) is 6.15. The van der Waals surface area contributed by atoms with Crippen LogP contribution in [0.2, 0.25) is 0 Å². The van der Waals surface area contributed by atoms with E-state index in [1.165, 1.54) is 6.26 Å². The van der Waals surface area contributed by atoms with E-state index in [-0.39, 0.29) is 16.5 Å². The van der Waals surface area contributed by atoms with Crippen molar-refractivity contribution in [1.29, 1.82) is 0 Å². The number of carbonyl (C=O) groups is 1. The van der Waals surface area contributed by atoms with Crippen molar-refractivity contribution in [3.63, 3.8) is 0 Å². The van der Waals surface area contributed by atoms with Crippen LogP contribution in [0.4, 0.5) is 17.1 Å². The van der Waals surface area contributed by atoms with Crippen LogP contribution >= 0.6 is 0 Å². The first kappa shape index (κ1) is 15.5. The van der Waals surface area contributed by atoms with Crippen LogP contribution in [0, 0.1) is 10.1 Å². The van der Waals surface area contributed by atoms with Gasteiger partial charge in [-0.15, -0.1) is 0 Å². The van der Waals surface area contributed by atoms with Crippen molar-refractivity contribution in [2.24, 2.45) is 0 Å². The Bertz CT molecular complexity index is 810. The summed E-state index contributed by atoms with van der Waals surface area (Å²) < 4.78 is 5.17. The molecule has 0 radical (unpaired) electrons. The molecule has 8 nitrogen and oxygen atoms in total. The lowest BCUT2D eigenvalue weighted by molar-refractivity contribution is -0.384. The van der Waals surface area contributed by atoms with Crippen molar-refractivity contribution in [3.05, 3.63) is 52.0 Å². The third-order valence-corrected chi connectivity index (χ3v) is 4.76. The van der Waals surface area contributed by atoms with Gasteiger partial charge in [-0.25, -0.2) is 0 Å². The molecule has 4 rings (SSSR count). The number of amides is 1. The Morgan fingerprint density at radius 2 is 2.00 bits per heavy atom. The number of fused-ring (bicyclic) bond motifs is 1. The predicted molar refractivity (Wildman–Crippen MR) is 92.1 cm³/mol. The van der Waals surface area contributed by atoms with Crippen LogP contribution in [-0.2, 0) is 6.42 Å². The Labute approximate surface area is 144 Å². The Morgan fingerprint density at radius 3 is 2.68 bits per heavy atom. The van der Waals surface area contributed by atoms with Crippen LogP contribution in [0.15, 0.2) is 34.9 Å². The summed E-state index contributed by atoms with van der Waals surface area (Å²) in [7, 11) is 0. The molecule has 1 amide bonds. The number of anilines is 2. The highest BCUT2D eigenvalue weighted by Crippen LogP contribution is 2.39. The minimum Gasteiger partial charge on any atom is -0.459 e. The summed E-state index contributed by atoms with van der Waals surface area (Å²) in [6, 6.07) is 6.68. The number of hydrogen-bond donors (Lipinski definition) is 1. The number of rotatable bonds is 3. The number of nitro benzene ring substituents is 1. The maximum absolute atomic E-state index is 12.4. The molecule has 2 aliphatic heterocycles. The van der Waals surface area contributed by atoms with Gasteiger partial charge in [0.1, 0.15) is 5.69 Å². The Balaban J connectivity index is 1.56. The second kappa shape index (κ2) is 6.12. The number of carbonyl (C=O) groups excluding carboxylic acids is 1. The molecule has 1 saturated heterocycles. The summed E-state index contributed by atoms with van der Waals surface area (Å²) in [5.41, 5.74) is 2.79. The summed E-state index contributed by atoms with van der Waals surface area (Å²) >= 11 is 0. The highest BCUT2D eigenvalue weighted by molar-refractivity contribution is 5.91. The first-order valence-electron chi connectivity index (χ1n) is 8.27. The quantitative estimate of drug-likeness (QED) is 0.678. The summed E-state index contributed by atoms with van der Waals surface area (Å²) in [6.07, 6.45) is 2.25. The van der Waals surface area contributed by atoms with Gasteiger partial charge in [0.15, 0.2) is 5.76 Å². The van der Waals surface area contributed by atoms with Crippen molar-refractivity contribution < 1.29 is 14.1 Å². The molecule has 130 valence electrons. The zero-order valence-corrected chi connectivity index (χ0v) is 13.6. The van der Waals surface area contributed by atoms with E-state index in [9.17, 15) is 14.9 Å². The number of nitrogens with zero attached hydrogens (tertiary/aromatic N) is 3. The van der Waals surface area contributed by atoms with Gasteiger partial charge in [0, 0.05) is 50.0 Å². The summed E-state index contributed by atoms with van der Waals surface area (Å²) in [6.45, 7) is 2.93. The lowest BCUT2D eigenvalue weighted by Gasteiger charge is -2.36. The fraction of sp³-hybridized carbons (Fsp3) is 0.353. The van der Waals surface area contributed by atoms with Crippen LogP contribution in [0.1, 0.15) is 16.1 Å². The van der Waals surface area contributed by atoms with Crippen LogP contribution in [0.25, 0.3) is 0 Å². The van der Waals surface area contributed by atoms with E-state index in [1.54, 1.807) is 29.2 Å². The molecule has 1 fully saturated rings. The fourth-order valence-electron chi connectivity index (χ4n) is 3.55. The van der Waals surface area contributed by atoms with Crippen molar-refractivity contribution in [1.82, 2.24) is 4.90 Å². The number of furan rings is 1. The molecule has 0 aliphatic carbocycles. The molecule has 0 bridgehead atoms. The molecule has 2 aliphatic rings. The first-order chi connectivity index (χ1) is 12.1. The zero-order valence-electron chi connectivity index (χ0n) is 13.6. The minimum atomic E-state index is -0.325. The summed E-state index contributed by atoms with van der Waals surface area (Å²) in [5.74, 6) is 0.184. The molecule has 3 heterocycles. The van der Waals surface area contributed by atoms with Crippen molar-refractivity contribution in [2.75, 3.05) is 42.9 Å². The number of nitrogens with one attached hydrogen (secondary N) is 1. The molecule has 0 unspecified atom stereocenters. The normalized spacial score (nSPS) is 16.5. The number of piperazine rings is 1. The van der Waals surface area contributed by atoms with E-state index in [4.69, 9.17) is 4.42 Å². The SMILES string of the molecule is O=C(c1ccco1)N1CCN(c2c([N+](=O)[O-])ccc3c2CCN3)CC1. The molecule has 0 saturated carbocycles. The first-order valence-corrected chi connectivity index (χ1v) is 8.27. The number of hydrogen-bond acceptors (Lipinski definition) is 6. The van der Waals surface area contributed by atoms with Crippen LogP contribution in [0.3, 0.4) is 0 Å². The molecule has 8 heteroatoms. The molecule has 0 spiro atoms. The maximum Gasteiger partial charge on any atom is 0.292 e. The second-order valence-corrected chi connectivity index (χ2v) is 6.15. The van der Waals surface area contributed by atoms with E-state index < -0.39 is 0 Å². The highest BCUT2D eigenvalue weighted by Gasteiger charge is 2.31. The Hall–Kier alpha value is -3.03. The molecule has 0 atom stereocenters. The lowest BCUT2D eigenvalue weighted by atomic mass is 10.1. The van der Waals surface area contributed by atoms with Gasteiger partial charge in [0.05, 0.1) is 11.2 Å².